The number of aromatic carboxylic acids is 1. The zero-order valence-electron chi connectivity index (χ0n) is 22.4. The highest BCUT2D eigenvalue weighted by Crippen LogP contribution is 2.61. The summed E-state index contributed by atoms with van der Waals surface area (Å²) in [4.78, 5) is 14.2. The van der Waals surface area contributed by atoms with Crippen LogP contribution in [0.3, 0.4) is 0 Å². The second kappa shape index (κ2) is 10.4. The van der Waals surface area contributed by atoms with E-state index in [0.717, 1.165) is 61.9 Å². The van der Waals surface area contributed by atoms with E-state index in [4.69, 9.17) is 0 Å². The first-order valence-electron chi connectivity index (χ1n) is 13.9. The van der Waals surface area contributed by atoms with Gasteiger partial charge in [-0.1, -0.05) is 37.5 Å². The summed E-state index contributed by atoms with van der Waals surface area (Å²) in [5.41, 5.74) is 2.45. The van der Waals surface area contributed by atoms with Crippen molar-refractivity contribution >= 4 is 28.1 Å². The maximum Gasteiger partial charge on any atom is 0.338 e. The van der Waals surface area contributed by atoms with Gasteiger partial charge in [0.1, 0.15) is 0 Å². The van der Waals surface area contributed by atoms with Gasteiger partial charge in [-0.2, -0.15) is 4.31 Å². The van der Waals surface area contributed by atoms with Crippen molar-refractivity contribution in [2.75, 3.05) is 18.5 Å². The number of halogens is 2. The summed E-state index contributed by atoms with van der Waals surface area (Å²) in [6.45, 7) is 0.575. The van der Waals surface area contributed by atoms with Crippen LogP contribution in [0, 0.1) is 17.6 Å². The Morgan fingerprint density at radius 1 is 0.950 bits per heavy atom. The molecule has 0 radical (unpaired) electrons. The number of rotatable bonds is 5. The van der Waals surface area contributed by atoms with Gasteiger partial charge < -0.3 is 10.0 Å². The van der Waals surface area contributed by atoms with Crippen LogP contribution in [0.1, 0.15) is 66.8 Å². The number of carbonyl (C=O) groups is 1. The molecule has 0 spiro atoms. The zero-order valence-corrected chi connectivity index (χ0v) is 23.2. The number of hydrogen-bond acceptors (Lipinski definition) is 5. The van der Waals surface area contributed by atoms with E-state index in [1.54, 1.807) is 17.4 Å². The molecule has 3 N–H and O–H groups in total. The van der Waals surface area contributed by atoms with Crippen LogP contribution in [-0.4, -0.2) is 44.1 Å². The molecule has 3 aromatic carbocycles. The number of hydrogen-bond donors (Lipinski definition) is 3. The molecule has 1 heterocycles. The van der Waals surface area contributed by atoms with E-state index < -0.39 is 33.9 Å². The van der Waals surface area contributed by atoms with Gasteiger partial charge >= 0.3 is 5.97 Å². The molecule has 0 bridgehead atoms. The molecule has 2 saturated carbocycles. The fraction of sp³-hybridized carbons (Fsp3) is 0.387. The highest BCUT2D eigenvalue weighted by molar-refractivity contribution is 8.22. The lowest BCUT2D eigenvalue weighted by Crippen LogP contribution is -2.45. The molecule has 0 amide bonds. The average molecular weight is 569 g/mol. The smallest absolute Gasteiger partial charge is 0.338 e. The number of likely N-dealkylation sites (N-methyl/N-ethyl adjacent to an activating group) is 1. The Labute approximate surface area is 234 Å². The standard InChI is InChI=1S/C31H34F2N2O4S/c1-34-28(20-8-4-2-5-9-20)18-35(22-10-6-3-7-11-22)27-16-23(19-12-13-19)24(17-29(27)40(34,38)39)21-14-25(31(36)37)30(33)26(32)15-21/h3,6-7,10-11,14-17,19-20,28,38-39H,2,4-5,8-9,12-13,18H2,1H3,(H,36,37). The van der Waals surface area contributed by atoms with Crippen molar-refractivity contribution in [3.05, 3.63) is 77.4 Å². The summed E-state index contributed by atoms with van der Waals surface area (Å²) >= 11 is 0. The largest absolute Gasteiger partial charge is 0.478 e. The third-order valence-corrected chi connectivity index (χ3v) is 10.8. The van der Waals surface area contributed by atoms with E-state index in [-0.39, 0.29) is 17.5 Å². The Morgan fingerprint density at radius 3 is 2.30 bits per heavy atom. The topological polar surface area (TPSA) is 84.2 Å². The lowest BCUT2D eigenvalue weighted by Gasteiger charge is -2.46. The molecule has 1 unspecified atom stereocenters. The monoisotopic (exact) mass is 568 g/mol. The molecule has 3 aromatic rings. The van der Waals surface area contributed by atoms with Crippen LogP contribution in [-0.2, 0) is 0 Å². The summed E-state index contributed by atoms with van der Waals surface area (Å²) < 4.78 is 54.5. The van der Waals surface area contributed by atoms with Gasteiger partial charge in [-0.3, -0.25) is 9.11 Å². The average Bonchev–Trinajstić information content (AvgIpc) is 3.81. The Morgan fingerprint density at radius 2 is 1.65 bits per heavy atom. The fourth-order valence-corrected chi connectivity index (χ4v) is 8.11. The number of nitrogens with zero attached hydrogens (tertiary/aromatic N) is 2. The Bertz CT molecular complexity index is 1440. The van der Waals surface area contributed by atoms with E-state index in [2.05, 4.69) is 4.90 Å². The Kier molecular flexibility index (Phi) is 7.11. The van der Waals surface area contributed by atoms with E-state index >= 15 is 0 Å². The number of benzene rings is 3. The summed E-state index contributed by atoms with van der Waals surface area (Å²) in [6, 6.07) is 15.5. The van der Waals surface area contributed by atoms with Crippen molar-refractivity contribution in [2.45, 2.75) is 61.8 Å². The van der Waals surface area contributed by atoms with Gasteiger partial charge in [0, 0.05) is 25.3 Å². The van der Waals surface area contributed by atoms with Crippen molar-refractivity contribution in [3.63, 3.8) is 0 Å². The van der Waals surface area contributed by atoms with Crippen molar-refractivity contribution < 1.29 is 27.8 Å². The zero-order chi connectivity index (χ0) is 28.2. The number of carboxylic acids is 1. The van der Waals surface area contributed by atoms with Gasteiger partial charge in [0.25, 0.3) is 0 Å². The molecule has 2 fully saturated rings. The molecule has 3 aliphatic rings. The first-order chi connectivity index (χ1) is 19.2. The van der Waals surface area contributed by atoms with Gasteiger partial charge in [-0.15, -0.1) is 10.8 Å². The third kappa shape index (κ3) is 4.79. The maximum atomic E-state index is 14.6. The molecule has 2 aliphatic carbocycles. The third-order valence-electron chi connectivity index (χ3n) is 8.80. The van der Waals surface area contributed by atoms with Crippen LogP contribution in [0.25, 0.3) is 11.1 Å². The molecule has 1 aliphatic heterocycles. The van der Waals surface area contributed by atoms with Crippen LogP contribution in [0.4, 0.5) is 20.2 Å². The first-order valence-corrected chi connectivity index (χ1v) is 15.4. The molecular weight excluding hydrogens is 534 g/mol. The summed E-state index contributed by atoms with van der Waals surface area (Å²) in [7, 11) is -1.72. The molecule has 0 aromatic heterocycles. The van der Waals surface area contributed by atoms with Crippen molar-refractivity contribution in [3.8, 4) is 11.1 Å². The highest BCUT2D eigenvalue weighted by atomic mass is 32.3. The molecule has 6 rings (SSSR count). The minimum atomic E-state index is -3.49. The van der Waals surface area contributed by atoms with Gasteiger partial charge in [-0.05, 0) is 90.6 Å². The Hall–Kier alpha value is -2.98. The second-order valence-electron chi connectivity index (χ2n) is 11.3. The van der Waals surface area contributed by atoms with E-state index in [1.165, 1.54) is 6.42 Å². The minimum absolute atomic E-state index is 0.118. The van der Waals surface area contributed by atoms with Crippen LogP contribution >= 0.6 is 10.8 Å². The highest BCUT2D eigenvalue weighted by Gasteiger charge is 2.42. The normalized spacial score (nSPS) is 22.4. The maximum absolute atomic E-state index is 14.6. The van der Waals surface area contributed by atoms with Gasteiger partial charge in [-0.25, -0.2) is 13.6 Å². The molecule has 0 saturated heterocycles. The van der Waals surface area contributed by atoms with Crippen molar-refractivity contribution in [1.82, 2.24) is 4.31 Å². The van der Waals surface area contributed by atoms with E-state index in [0.29, 0.717) is 28.6 Å². The number of fused-ring (bicyclic) bond motifs is 1. The second-order valence-corrected chi connectivity index (χ2v) is 13.3. The molecule has 212 valence electrons. The van der Waals surface area contributed by atoms with Crippen LogP contribution < -0.4 is 4.90 Å². The molecule has 6 nitrogen and oxygen atoms in total. The summed E-state index contributed by atoms with van der Waals surface area (Å²) in [6.07, 6.45) is 7.28. The van der Waals surface area contributed by atoms with E-state index in [9.17, 15) is 27.8 Å². The lowest BCUT2D eigenvalue weighted by molar-refractivity contribution is 0.0690. The summed E-state index contributed by atoms with van der Waals surface area (Å²) in [5, 5.41) is 9.52. The number of anilines is 2. The minimum Gasteiger partial charge on any atom is -0.478 e. The fourth-order valence-electron chi connectivity index (χ4n) is 6.46. The van der Waals surface area contributed by atoms with Crippen LogP contribution in [0.15, 0.2) is 59.5 Å². The molecule has 1 atom stereocenters. The van der Waals surface area contributed by atoms with Crippen LogP contribution in [0.2, 0.25) is 0 Å². The summed E-state index contributed by atoms with van der Waals surface area (Å²) in [5.74, 6) is -3.75. The predicted octanol–water partition coefficient (Wildman–Crippen LogP) is 8.26. The van der Waals surface area contributed by atoms with Gasteiger partial charge in [0.05, 0.1) is 16.1 Å². The molecular formula is C31H34F2N2O4S. The van der Waals surface area contributed by atoms with Gasteiger partial charge in [0.2, 0.25) is 0 Å². The van der Waals surface area contributed by atoms with Gasteiger partial charge in [0.15, 0.2) is 11.6 Å². The predicted molar refractivity (Wildman–Crippen MR) is 153 cm³/mol. The SMILES string of the molecule is CN1C(C2CCCCC2)CN(c2ccccc2)c2cc(C3CC3)c(-c3cc(F)c(F)c(C(=O)O)c3)cc2S1(O)O. The number of carboxylic acid groups (broad SMARTS) is 1. The lowest BCUT2D eigenvalue weighted by atomic mass is 9.83. The van der Waals surface area contributed by atoms with Crippen LogP contribution in [0.5, 0.6) is 0 Å². The quantitative estimate of drug-likeness (QED) is 0.287. The Balaban J connectivity index is 1.58. The van der Waals surface area contributed by atoms with Crippen molar-refractivity contribution in [2.24, 2.45) is 5.92 Å². The first kappa shape index (κ1) is 27.2. The molecule has 40 heavy (non-hydrogen) atoms. The van der Waals surface area contributed by atoms with Crippen molar-refractivity contribution in [1.29, 1.82) is 0 Å². The molecule has 9 heteroatoms. The van der Waals surface area contributed by atoms with E-state index in [1.807, 2.05) is 36.4 Å². The number of para-hydroxylation sites is 1.